The second-order valence-corrected chi connectivity index (χ2v) is 12.6. The van der Waals surface area contributed by atoms with Crippen molar-refractivity contribution < 1.29 is 5.11 Å². The number of nitrogens with one attached hydrogen (secondary N) is 1. The van der Waals surface area contributed by atoms with Crippen LogP contribution in [0.25, 0.3) is 0 Å². The van der Waals surface area contributed by atoms with Gasteiger partial charge in [-0.3, -0.25) is 5.43 Å². The summed E-state index contributed by atoms with van der Waals surface area (Å²) in [6.45, 7) is 7.06. The van der Waals surface area contributed by atoms with E-state index in [4.69, 9.17) is 21.8 Å². The van der Waals surface area contributed by atoms with E-state index in [1.54, 1.807) is 0 Å². The third-order valence-electron chi connectivity index (χ3n) is 10.6. The fourth-order valence-corrected chi connectivity index (χ4v) is 8.86. The van der Waals surface area contributed by atoms with Crippen molar-refractivity contribution in [2.75, 3.05) is 5.43 Å². The molecule has 4 aliphatic carbocycles. The van der Waals surface area contributed by atoms with Gasteiger partial charge in [-0.05, 0) is 112 Å². The van der Waals surface area contributed by atoms with E-state index in [-0.39, 0.29) is 17.4 Å². The maximum atomic E-state index is 10.3. The lowest BCUT2D eigenvalue weighted by molar-refractivity contribution is -0.114. The number of hydrogen-bond acceptors (Lipinski definition) is 5. The Labute approximate surface area is 208 Å². The van der Waals surface area contributed by atoms with Crippen LogP contribution in [0, 0.1) is 40.4 Å². The molecule has 1 aromatic rings. The fraction of sp³-hybridized carbons (Fsp3) is 0.679. The van der Waals surface area contributed by atoms with Gasteiger partial charge in [0.2, 0.25) is 0 Å². The highest BCUT2D eigenvalue weighted by atomic mass is 35.5. The highest BCUT2D eigenvalue weighted by Crippen LogP contribution is 2.66. The van der Waals surface area contributed by atoms with Gasteiger partial charge in [0.25, 0.3) is 0 Å². The van der Waals surface area contributed by atoms with Crippen LogP contribution < -0.4 is 5.43 Å². The van der Waals surface area contributed by atoms with Crippen molar-refractivity contribution in [3.63, 3.8) is 0 Å². The predicted octanol–water partition coefficient (Wildman–Crippen LogP) is 6.57. The molecule has 4 saturated carbocycles. The summed E-state index contributed by atoms with van der Waals surface area (Å²) in [5, 5.41) is 25.4. The number of rotatable bonds is 2. The topological polar surface area (TPSA) is 69.3 Å². The third-order valence-corrected chi connectivity index (χ3v) is 10.8. The Morgan fingerprint density at radius 1 is 1.00 bits per heavy atom. The van der Waals surface area contributed by atoms with E-state index < -0.39 is 0 Å². The number of hydrazone groups is 1. The van der Waals surface area contributed by atoms with Gasteiger partial charge in [0.1, 0.15) is 0 Å². The van der Waals surface area contributed by atoms with Gasteiger partial charge in [0, 0.05) is 16.4 Å². The van der Waals surface area contributed by atoms with Crippen molar-refractivity contribution in [3.8, 4) is 0 Å². The van der Waals surface area contributed by atoms with Gasteiger partial charge in [0.15, 0.2) is 0 Å². The Morgan fingerprint density at radius 3 is 2.59 bits per heavy atom. The fourth-order valence-electron chi connectivity index (χ4n) is 8.74. The highest BCUT2D eigenvalue weighted by molar-refractivity contribution is 6.47. The molecule has 0 amide bonds. The summed E-state index contributed by atoms with van der Waals surface area (Å²) in [7, 11) is 0. The number of aliphatic hydroxyl groups is 1. The molecule has 5 aliphatic rings. The van der Waals surface area contributed by atoms with E-state index in [1.165, 1.54) is 37.8 Å². The van der Waals surface area contributed by atoms with Crippen molar-refractivity contribution >= 4 is 34.4 Å². The molecule has 0 spiro atoms. The van der Waals surface area contributed by atoms with Crippen LogP contribution in [-0.4, -0.2) is 28.3 Å². The van der Waals surface area contributed by atoms with Gasteiger partial charge in [-0.1, -0.05) is 25.4 Å². The lowest BCUT2D eigenvalue weighted by Crippen LogP contribution is -2.54. The van der Waals surface area contributed by atoms with Gasteiger partial charge in [-0.25, -0.2) is 0 Å². The molecule has 182 valence electrons. The minimum absolute atomic E-state index is 0.0841. The highest BCUT2D eigenvalue weighted by Gasteiger charge is 2.62. The maximum absolute atomic E-state index is 10.3. The molecule has 0 bridgehead atoms. The lowest BCUT2D eigenvalue weighted by Gasteiger charge is -2.60. The van der Waals surface area contributed by atoms with Crippen molar-refractivity contribution in [1.29, 1.82) is 0 Å². The molecular formula is C28H37ClN4O. The standard InChI is InChI=1S/C28H37ClN4O/c1-16-25(32-31-19-7-5-18(29)6-8-19)22-15-24-21-9-4-17-14-20(34)10-12-27(17,2)23(21)11-13-28(24,3)26(22)33-30-16/h5-8,17,20-24,31,34H,4,9-15H2,1-3H3/b32-25+/t17-,20-,21+,22?,23-,24-,27-,28-/m0/s1. The number of benzene rings is 1. The van der Waals surface area contributed by atoms with E-state index in [1.807, 2.05) is 31.2 Å². The largest absolute Gasteiger partial charge is 0.393 e. The first-order chi connectivity index (χ1) is 16.3. The number of anilines is 1. The van der Waals surface area contributed by atoms with Crippen LogP contribution in [0.1, 0.15) is 72.1 Å². The Balaban J connectivity index is 1.28. The summed E-state index contributed by atoms with van der Waals surface area (Å²) in [6, 6.07) is 7.67. The van der Waals surface area contributed by atoms with Gasteiger partial charge in [0.05, 0.1) is 28.9 Å². The first-order valence-corrected chi connectivity index (χ1v) is 13.6. The monoisotopic (exact) mass is 480 g/mol. The van der Waals surface area contributed by atoms with Gasteiger partial charge in [-0.2, -0.15) is 15.3 Å². The van der Waals surface area contributed by atoms with Crippen LogP contribution in [0.15, 0.2) is 39.6 Å². The predicted molar refractivity (Wildman–Crippen MR) is 140 cm³/mol. The van der Waals surface area contributed by atoms with Crippen LogP contribution in [0.5, 0.6) is 0 Å². The van der Waals surface area contributed by atoms with E-state index in [2.05, 4.69) is 24.4 Å². The molecule has 1 aliphatic heterocycles. The minimum atomic E-state index is -0.0841. The Bertz CT molecular complexity index is 1060. The summed E-state index contributed by atoms with van der Waals surface area (Å²) in [5.74, 6) is 3.10. The number of aliphatic hydroxyl groups excluding tert-OH is 1. The average Bonchev–Trinajstić information content (AvgIpc) is 3.12. The molecule has 5 nitrogen and oxygen atoms in total. The summed E-state index contributed by atoms with van der Waals surface area (Å²) in [4.78, 5) is 0. The molecule has 0 saturated heterocycles. The van der Waals surface area contributed by atoms with Gasteiger partial charge < -0.3 is 5.11 Å². The Morgan fingerprint density at radius 2 is 1.79 bits per heavy atom. The summed E-state index contributed by atoms with van der Waals surface area (Å²) in [6.07, 6.45) is 9.28. The third kappa shape index (κ3) is 3.41. The molecule has 6 heteroatoms. The zero-order valence-electron chi connectivity index (χ0n) is 20.6. The molecule has 8 atom stereocenters. The summed E-state index contributed by atoms with van der Waals surface area (Å²) < 4.78 is 0. The molecule has 2 N–H and O–H groups in total. The molecule has 1 unspecified atom stereocenters. The molecule has 4 fully saturated rings. The number of hydrogen-bond donors (Lipinski definition) is 2. The molecule has 6 rings (SSSR count). The molecule has 1 aromatic carbocycles. The summed E-state index contributed by atoms with van der Waals surface area (Å²) >= 11 is 6.05. The van der Waals surface area contributed by atoms with Crippen LogP contribution in [0.4, 0.5) is 5.69 Å². The van der Waals surface area contributed by atoms with Crippen LogP contribution in [0.3, 0.4) is 0 Å². The van der Waals surface area contributed by atoms with Crippen LogP contribution in [0.2, 0.25) is 5.02 Å². The van der Waals surface area contributed by atoms with Crippen molar-refractivity contribution in [1.82, 2.24) is 0 Å². The lowest BCUT2D eigenvalue weighted by atomic mass is 9.45. The second-order valence-electron chi connectivity index (χ2n) is 12.1. The molecule has 1 heterocycles. The van der Waals surface area contributed by atoms with Crippen molar-refractivity contribution in [2.45, 2.75) is 78.2 Å². The number of nitrogens with zero attached hydrogens (tertiary/aromatic N) is 3. The Hall–Kier alpha value is -1.72. The van der Waals surface area contributed by atoms with Gasteiger partial charge >= 0.3 is 0 Å². The van der Waals surface area contributed by atoms with E-state index in [0.717, 1.165) is 53.2 Å². The first kappa shape index (κ1) is 22.7. The first-order valence-electron chi connectivity index (χ1n) is 13.2. The molecule has 0 aromatic heterocycles. The average molecular weight is 481 g/mol. The number of halogens is 1. The van der Waals surface area contributed by atoms with Crippen LogP contribution >= 0.6 is 11.6 Å². The van der Waals surface area contributed by atoms with Gasteiger partial charge in [-0.15, -0.1) is 0 Å². The maximum Gasteiger partial charge on any atom is 0.0925 e. The quantitative estimate of drug-likeness (QED) is 0.470. The van der Waals surface area contributed by atoms with Crippen molar-refractivity contribution in [3.05, 3.63) is 29.3 Å². The van der Waals surface area contributed by atoms with E-state index in [9.17, 15) is 5.11 Å². The normalized spacial score (nSPS) is 44.3. The smallest absolute Gasteiger partial charge is 0.0925 e. The molecular weight excluding hydrogens is 444 g/mol. The summed E-state index contributed by atoms with van der Waals surface area (Å²) in [5.41, 5.74) is 7.93. The zero-order chi connectivity index (χ0) is 23.7. The van der Waals surface area contributed by atoms with E-state index in [0.29, 0.717) is 17.3 Å². The number of fused-ring (bicyclic) bond motifs is 7. The van der Waals surface area contributed by atoms with Crippen LogP contribution in [-0.2, 0) is 0 Å². The SMILES string of the molecule is CC1=NN=C2C(C[C@H]3[C@@H]4CC[C@H]5C[C@@H](O)CC[C@]5(C)[C@H]4CC[C@]23C)/C1=N/Nc1ccc(Cl)cc1. The van der Waals surface area contributed by atoms with Crippen molar-refractivity contribution in [2.24, 2.45) is 55.7 Å². The zero-order valence-corrected chi connectivity index (χ0v) is 21.4. The second kappa shape index (κ2) is 8.16. The Kier molecular flexibility index (Phi) is 5.46. The van der Waals surface area contributed by atoms with E-state index >= 15 is 0 Å². The molecule has 0 radical (unpaired) electrons. The minimum Gasteiger partial charge on any atom is -0.393 e. The molecule has 34 heavy (non-hydrogen) atoms.